The predicted octanol–water partition coefficient (Wildman–Crippen LogP) is 4.30. The van der Waals surface area contributed by atoms with Gasteiger partial charge in [0.1, 0.15) is 11.5 Å². The fourth-order valence-electron chi connectivity index (χ4n) is 3.44. The standard InChI is InChI=1S/C19H20FN3/c1-14(22-10-2-3-11-22)15-4-6-16(7-5-15)18-12-21-19-9-8-17(20)13-23(18)19/h4-9,12-14H,2-3,10-11H2,1H3/t14-/m0/s1. The van der Waals surface area contributed by atoms with Crippen molar-refractivity contribution in [1.29, 1.82) is 0 Å². The summed E-state index contributed by atoms with van der Waals surface area (Å²) in [5.41, 5.74) is 4.06. The van der Waals surface area contributed by atoms with Crippen molar-refractivity contribution in [3.05, 3.63) is 60.2 Å². The monoisotopic (exact) mass is 309 g/mol. The van der Waals surface area contributed by atoms with Crippen LogP contribution in [0.25, 0.3) is 16.9 Å². The summed E-state index contributed by atoms with van der Waals surface area (Å²) in [4.78, 5) is 6.87. The SMILES string of the molecule is C[C@@H](c1ccc(-c2cnc3ccc(F)cn23)cc1)N1CCCC1. The molecule has 1 aliphatic heterocycles. The number of hydrogen-bond donors (Lipinski definition) is 0. The first-order valence-corrected chi connectivity index (χ1v) is 8.19. The van der Waals surface area contributed by atoms with Gasteiger partial charge in [0.25, 0.3) is 0 Å². The summed E-state index contributed by atoms with van der Waals surface area (Å²) in [7, 11) is 0. The molecule has 0 spiro atoms. The summed E-state index contributed by atoms with van der Waals surface area (Å²) in [6.45, 7) is 4.65. The highest BCUT2D eigenvalue weighted by molar-refractivity contribution is 5.64. The van der Waals surface area contributed by atoms with E-state index in [1.54, 1.807) is 16.7 Å². The Morgan fingerprint density at radius 1 is 1.04 bits per heavy atom. The van der Waals surface area contributed by atoms with Crippen LogP contribution < -0.4 is 0 Å². The first-order valence-electron chi connectivity index (χ1n) is 8.19. The van der Waals surface area contributed by atoms with Crippen LogP contribution in [0.15, 0.2) is 48.8 Å². The Balaban J connectivity index is 1.65. The average molecular weight is 309 g/mol. The van der Waals surface area contributed by atoms with Gasteiger partial charge in [-0.25, -0.2) is 9.37 Å². The maximum atomic E-state index is 13.5. The van der Waals surface area contributed by atoms with Crippen LogP contribution in [0.2, 0.25) is 0 Å². The Morgan fingerprint density at radius 2 is 1.78 bits per heavy atom. The summed E-state index contributed by atoms with van der Waals surface area (Å²) in [5.74, 6) is -0.254. The lowest BCUT2D eigenvalue weighted by molar-refractivity contribution is 0.263. The molecule has 0 aliphatic carbocycles. The van der Waals surface area contributed by atoms with Crippen molar-refractivity contribution < 1.29 is 4.39 Å². The van der Waals surface area contributed by atoms with Crippen LogP contribution in [0.1, 0.15) is 31.4 Å². The summed E-state index contributed by atoms with van der Waals surface area (Å²) >= 11 is 0. The van der Waals surface area contributed by atoms with Crippen LogP contribution in [0.5, 0.6) is 0 Å². The van der Waals surface area contributed by atoms with E-state index in [0.29, 0.717) is 6.04 Å². The first-order chi connectivity index (χ1) is 11.2. The number of pyridine rings is 1. The zero-order valence-corrected chi connectivity index (χ0v) is 13.2. The van der Waals surface area contributed by atoms with Gasteiger partial charge >= 0.3 is 0 Å². The molecule has 0 bridgehead atoms. The fourth-order valence-corrected chi connectivity index (χ4v) is 3.44. The molecule has 23 heavy (non-hydrogen) atoms. The minimum Gasteiger partial charge on any atom is -0.297 e. The molecule has 2 aromatic heterocycles. The van der Waals surface area contributed by atoms with Crippen molar-refractivity contribution in [2.45, 2.75) is 25.8 Å². The minimum absolute atomic E-state index is 0.254. The third-order valence-corrected chi connectivity index (χ3v) is 4.85. The van der Waals surface area contributed by atoms with Gasteiger partial charge in [0.15, 0.2) is 0 Å². The van der Waals surface area contributed by atoms with Gasteiger partial charge in [0, 0.05) is 17.8 Å². The molecular formula is C19H20FN3. The molecule has 118 valence electrons. The Bertz CT molecular complexity index is 816. The second-order valence-corrected chi connectivity index (χ2v) is 6.26. The molecule has 3 nitrogen and oxygen atoms in total. The fraction of sp³-hybridized carbons (Fsp3) is 0.316. The van der Waals surface area contributed by atoms with Crippen molar-refractivity contribution in [2.24, 2.45) is 0 Å². The smallest absolute Gasteiger partial charge is 0.139 e. The lowest BCUT2D eigenvalue weighted by Gasteiger charge is -2.24. The van der Waals surface area contributed by atoms with E-state index in [1.165, 1.54) is 43.8 Å². The summed E-state index contributed by atoms with van der Waals surface area (Å²) < 4.78 is 15.3. The summed E-state index contributed by atoms with van der Waals surface area (Å²) in [6.07, 6.45) is 5.89. The predicted molar refractivity (Wildman–Crippen MR) is 89.8 cm³/mol. The van der Waals surface area contributed by atoms with Crippen LogP contribution in [0, 0.1) is 5.82 Å². The highest BCUT2D eigenvalue weighted by Crippen LogP contribution is 2.27. The van der Waals surface area contributed by atoms with E-state index in [-0.39, 0.29) is 5.82 Å². The summed E-state index contributed by atoms with van der Waals surface area (Å²) in [6, 6.07) is 12.2. The third kappa shape index (κ3) is 2.63. The molecule has 0 amide bonds. The molecule has 1 aliphatic rings. The molecule has 3 aromatic rings. The van der Waals surface area contributed by atoms with Gasteiger partial charge in [0.2, 0.25) is 0 Å². The molecule has 1 fully saturated rings. The van der Waals surface area contributed by atoms with Crippen LogP contribution in [-0.2, 0) is 0 Å². The largest absolute Gasteiger partial charge is 0.297 e. The number of halogens is 1. The number of imidazole rings is 1. The van der Waals surface area contributed by atoms with Crippen LogP contribution in [-0.4, -0.2) is 27.4 Å². The molecule has 4 rings (SSSR count). The molecular weight excluding hydrogens is 289 g/mol. The quantitative estimate of drug-likeness (QED) is 0.719. The van der Waals surface area contributed by atoms with Crippen molar-refractivity contribution in [3.8, 4) is 11.3 Å². The number of nitrogens with zero attached hydrogens (tertiary/aromatic N) is 3. The van der Waals surface area contributed by atoms with Gasteiger partial charge < -0.3 is 0 Å². The van der Waals surface area contributed by atoms with Gasteiger partial charge in [-0.2, -0.15) is 0 Å². The molecule has 0 saturated carbocycles. The minimum atomic E-state index is -0.254. The summed E-state index contributed by atoms with van der Waals surface area (Å²) in [5, 5.41) is 0. The lowest BCUT2D eigenvalue weighted by Crippen LogP contribution is -2.23. The van der Waals surface area contributed by atoms with Crippen LogP contribution in [0.3, 0.4) is 0 Å². The van der Waals surface area contributed by atoms with E-state index in [9.17, 15) is 4.39 Å². The Labute approximate surface area is 135 Å². The van der Waals surface area contributed by atoms with Crippen LogP contribution in [0.4, 0.5) is 4.39 Å². The lowest BCUT2D eigenvalue weighted by atomic mass is 10.0. The van der Waals surface area contributed by atoms with E-state index < -0.39 is 0 Å². The number of benzene rings is 1. The maximum Gasteiger partial charge on any atom is 0.139 e. The normalized spacial score (nSPS) is 17.0. The van der Waals surface area contributed by atoms with Crippen molar-refractivity contribution in [3.63, 3.8) is 0 Å². The Hall–Kier alpha value is -2.20. The zero-order valence-electron chi connectivity index (χ0n) is 13.2. The van der Waals surface area contributed by atoms with Gasteiger partial charge in [0.05, 0.1) is 11.9 Å². The van der Waals surface area contributed by atoms with Crippen molar-refractivity contribution >= 4 is 5.65 Å². The molecule has 1 atom stereocenters. The second-order valence-electron chi connectivity index (χ2n) is 6.26. The number of fused-ring (bicyclic) bond motifs is 1. The van der Waals surface area contributed by atoms with E-state index >= 15 is 0 Å². The van der Waals surface area contributed by atoms with E-state index in [4.69, 9.17) is 0 Å². The van der Waals surface area contributed by atoms with Gasteiger partial charge in [-0.15, -0.1) is 0 Å². The molecule has 1 saturated heterocycles. The molecule has 0 N–H and O–H groups in total. The Kier molecular flexibility index (Phi) is 3.62. The highest BCUT2D eigenvalue weighted by atomic mass is 19.1. The van der Waals surface area contributed by atoms with Crippen molar-refractivity contribution in [1.82, 2.24) is 14.3 Å². The Morgan fingerprint density at radius 3 is 2.52 bits per heavy atom. The second kappa shape index (κ2) is 5.78. The van der Waals surface area contributed by atoms with E-state index in [0.717, 1.165) is 16.9 Å². The maximum absolute atomic E-state index is 13.5. The molecule has 4 heteroatoms. The molecule has 1 aromatic carbocycles. The molecule has 0 unspecified atom stereocenters. The number of hydrogen-bond acceptors (Lipinski definition) is 2. The molecule has 3 heterocycles. The van der Waals surface area contributed by atoms with Gasteiger partial charge in [-0.1, -0.05) is 24.3 Å². The van der Waals surface area contributed by atoms with Gasteiger partial charge in [-0.05, 0) is 50.6 Å². The van der Waals surface area contributed by atoms with E-state index in [2.05, 4.69) is 41.1 Å². The van der Waals surface area contributed by atoms with Crippen LogP contribution >= 0.6 is 0 Å². The number of likely N-dealkylation sites (tertiary alicyclic amines) is 1. The third-order valence-electron chi connectivity index (χ3n) is 4.85. The van der Waals surface area contributed by atoms with Gasteiger partial charge in [-0.3, -0.25) is 9.30 Å². The number of aromatic nitrogens is 2. The first kappa shape index (κ1) is 14.4. The highest BCUT2D eigenvalue weighted by Gasteiger charge is 2.19. The zero-order chi connectivity index (χ0) is 15.8. The van der Waals surface area contributed by atoms with Crippen molar-refractivity contribution in [2.75, 3.05) is 13.1 Å². The molecule has 0 radical (unpaired) electrons. The van der Waals surface area contributed by atoms with E-state index in [1.807, 2.05) is 0 Å². The average Bonchev–Trinajstić information content (AvgIpc) is 3.24. The topological polar surface area (TPSA) is 20.5 Å². The number of rotatable bonds is 3.